The van der Waals surface area contributed by atoms with Crippen LogP contribution in [0.1, 0.15) is 11.1 Å². The van der Waals surface area contributed by atoms with Crippen molar-refractivity contribution in [2.75, 3.05) is 6.54 Å². The van der Waals surface area contributed by atoms with Gasteiger partial charge in [-0.1, -0.05) is 42.5 Å². The van der Waals surface area contributed by atoms with E-state index in [1.165, 1.54) is 11.6 Å². The second-order valence-electron chi connectivity index (χ2n) is 4.13. The van der Waals surface area contributed by atoms with Crippen LogP contribution in [0.15, 0.2) is 48.5 Å². The van der Waals surface area contributed by atoms with Gasteiger partial charge in [0.1, 0.15) is 0 Å². The third-order valence-electron chi connectivity index (χ3n) is 2.77. The van der Waals surface area contributed by atoms with Crippen LogP contribution in [0.25, 0.3) is 0 Å². The van der Waals surface area contributed by atoms with Gasteiger partial charge in [-0.05, 0) is 30.2 Å². The molecule has 0 heterocycles. The Balaban J connectivity index is 1.81. The van der Waals surface area contributed by atoms with E-state index in [9.17, 15) is 8.78 Å². The predicted octanol–water partition coefficient (Wildman–Crippen LogP) is 3.30. The number of rotatable bonds is 5. The van der Waals surface area contributed by atoms with Crippen molar-refractivity contribution < 1.29 is 8.78 Å². The van der Waals surface area contributed by atoms with Crippen molar-refractivity contribution in [3.63, 3.8) is 0 Å². The van der Waals surface area contributed by atoms with E-state index in [-0.39, 0.29) is 0 Å². The van der Waals surface area contributed by atoms with Crippen molar-refractivity contribution in [3.8, 4) is 0 Å². The van der Waals surface area contributed by atoms with Gasteiger partial charge in [0, 0.05) is 6.54 Å². The molecule has 1 nitrogen and oxygen atoms in total. The Morgan fingerprint density at radius 2 is 1.67 bits per heavy atom. The summed E-state index contributed by atoms with van der Waals surface area (Å²) in [5, 5.41) is 3.21. The minimum absolute atomic E-state index is 0.413. The minimum atomic E-state index is -0.782. The molecular weight excluding hydrogens is 232 g/mol. The Morgan fingerprint density at radius 3 is 2.44 bits per heavy atom. The zero-order chi connectivity index (χ0) is 12.8. The molecule has 0 unspecified atom stereocenters. The Morgan fingerprint density at radius 1 is 0.889 bits per heavy atom. The summed E-state index contributed by atoms with van der Waals surface area (Å²) in [6.45, 7) is 1.35. The molecular formula is C15H15F2N. The first-order chi connectivity index (χ1) is 8.77. The van der Waals surface area contributed by atoms with Crippen LogP contribution in [0.4, 0.5) is 8.78 Å². The summed E-state index contributed by atoms with van der Waals surface area (Å²) in [4.78, 5) is 0. The van der Waals surface area contributed by atoms with Crippen molar-refractivity contribution in [3.05, 3.63) is 71.3 Å². The average molecular weight is 247 g/mol. The van der Waals surface area contributed by atoms with Crippen molar-refractivity contribution in [1.82, 2.24) is 5.32 Å². The number of benzene rings is 2. The number of nitrogens with one attached hydrogen (secondary N) is 1. The molecule has 0 bridgehead atoms. The third-order valence-corrected chi connectivity index (χ3v) is 2.77. The Labute approximate surface area is 105 Å². The Kier molecular flexibility index (Phi) is 4.42. The first kappa shape index (κ1) is 12.7. The summed E-state index contributed by atoms with van der Waals surface area (Å²) in [6.07, 6.45) is 0.483. The van der Waals surface area contributed by atoms with E-state index < -0.39 is 11.6 Å². The van der Waals surface area contributed by atoms with Gasteiger partial charge in [-0.2, -0.15) is 0 Å². The fourth-order valence-corrected chi connectivity index (χ4v) is 1.79. The summed E-state index contributed by atoms with van der Waals surface area (Å²) in [7, 11) is 0. The zero-order valence-corrected chi connectivity index (χ0v) is 10.00. The first-order valence-electron chi connectivity index (χ1n) is 5.95. The van der Waals surface area contributed by atoms with Crippen LogP contribution in [-0.4, -0.2) is 6.54 Å². The molecule has 2 aromatic rings. The lowest BCUT2D eigenvalue weighted by atomic mass is 10.1. The van der Waals surface area contributed by atoms with Crippen LogP contribution in [0.3, 0.4) is 0 Å². The summed E-state index contributed by atoms with van der Waals surface area (Å²) in [6, 6.07) is 14.2. The maximum absolute atomic E-state index is 13.3. The van der Waals surface area contributed by atoms with E-state index in [0.29, 0.717) is 18.5 Å². The molecule has 1 N–H and O–H groups in total. The number of hydrogen-bond acceptors (Lipinski definition) is 1. The summed E-state index contributed by atoms with van der Waals surface area (Å²) in [5.74, 6) is -1.52. The summed E-state index contributed by atoms with van der Waals surface area (Å²) in [5.41, 5.74) is 1.59. The lowest BCUT2D eigenvalue weighted by Gasteiger charge is -2.06. The molecule has 2 aromatic carbocycles. The minimum Gasteiger partial charge on any atom is -0.312 e. The van der Waals surface area contributed by atoms with Gasteiger partial charge in [0.2, 0.25) is 0 Å². The normalized spacial score (nSPS) is 10.6. The lowest BCUT2D eigenvalue weighted by molar-refractivity contribution is 0.496. The molecule has 3 heteroatoms. The molecule has 0 aromatic heterocycles. The molecule has 0 aliphatic carbocycles. The van der Waals surface area contributed by atoms with Crippen molar-refractivity contribution >= 4 is 0 Å². The first-order valence-corrected chi connectivity index (χ1v) is 5.95. The molecule has 0 aliphatic rings. The third kappa shape index (κ3) is 3.37. The highest BCUT2D eigenvalue weighted by Crippen LogP contribution is 2.11. The molecule has 18 heavy (non-hydrogen) atoms. The maximum atomic E-state index is 13.3. The van der Waals surface area contributed by atoms with Crippen molar-refractivity contribution in [2.24, 2.45) is 0 Å². The van der Waals surface area contributed by atoms with Crippen LogP contribution in [0, 0.1) is 11.6 Å². The Bertz CT molecular complexity index is 497. The molecule has 2 rings (SSSR count). The van der Waals surface area contributed by atoms with E-state index in [1.54, 1.807) is 6.07 Å². The second kappa shape index (κ2) is 6.26. The van der Waals surface area contributed by atoms with E-state index in [4.69, 9.17) is 0 Å². The highest BCUT2D eigenvalue weighted by atomic mass is 19.2. The maximum Gasteiger partial charge on any atom is 0.162 e. The van der Waals surface area contributed by atoms with Crippen LogP contribution in [-0.2, 0) is 13.0 Å². The molecule has 0 spiro atoms. The van der Waals surface area contributed by atoms with Gasteiger partial charge in [-0.3, -0.25) is 0 Å². The van der Waals surface area contributed by atoms with Crippen LogP contribution >= 0.6 is 0 Å². The molecule has 0 amide bonds. The molecule has 0 atom stereocenters. The van der Waals surface area contributed by atoms with Gasteiger partial charge in [0.25, 0.3) is 0 Å². The molecule has 0 fully saturated rings. The number of hydrogen-bond donors (Lipinski definition) is 1. The highest BCUT2D eigenvalue weighted by Gasteiger charge is 2.06. The average Bonchev–Trinajstić information content (AvgIpc) is 2.40. The van der Waals surface area contributed by atoms with E-state index >= 15 is 0 Å². The van der Waals surface area contributed by atoms with Gasteiger partial charge in [-0.15, -0.1) is 0 Å². The molecule has 0 saturated heterocycles. The van der Waals surface area contributed by atoms with Crippen molar-refractivity contribution in [2.45, 2.75) is 13.0 Å². The number of halogens is 2. The van der Waals surface area contributed by atoms with Gasteiger partial charge in [-0.25, -0.2) is 8.78 Å². The van der Waals surface area contributed by atoms with Gasteiger partial charge in [0.05, 0.1) is 0 Å². The second-order valence-corrected chi connectivity index (χ2v) is 4.13. The predicted molar refractivity (Wildman–Crippen MR) is 68.2 cm³/mol. The fourth-order valence-electron chi connectivity index (χ4n) is 1.79. The Hall–Kier alpha value is -1.74. The quantitative estimate of drug-likeness (QED) is 0.799. The molecule has 0 aliphatic heterocycles. The topological polar surface area (TPSA) is 12.0 Å². The highest BCUT2D eigenvalue weighted by molar-refractivity contribution is 5.19. The van der Waals surface area contributed by atoms with E-state index in [0.717, 1.165) is 12.6 Å². The van der Waals surface area contributed by atoms with E-state index in [2.05, 4.69) is 5.32 Å². The largest absolute Gasteiger partial charge is 0.312 e. The lowest BCUT2D eigenvalue weighted by Crippen LogP contribution is -2.17. The van der Waals surface area contributed by atoms with Crippen LogP contribution < -0.4 is 5.32 Å². The van der Waals surface area contributed by atoms with Gasteiger partial charge in [0.15, 0.2) is 11.6 Å². The fraction of sp³-hybridized carbons (Fsp3) is 0.200. The smallest absolute Gasteiger partial charge is 0.162 e. The molecule has 94 valence electrons. The monoisotopic (exact) mass is 247 g/mol. The van der Waals surface area contributed by atoms with E-state index in [1.807, 2.05) is 30.3 Å². The standard InChI is InChI=1S/C15H15F2N/c16-14-8-4-7-13(15(14)17)9-10-18-11-12-5-2-1-3-6-12/h1-8,18H,9-11H2. The van der Waals surface area contributed by atoms with Gasteiger partial charge < -0.3 is 5.32 Å². The molecule has 0 saturated carbocycles. The SMILES string of the molecule is Fc1cccc(CCNCc2ccccc2)c1F. The molecule has 0 radical (unpaired) electrons. The summed E-state index contributed by atoms with van der Waals surface area (Å²) < 4.78 is 26.3. The summed E-state index contributed by atoms with van der Waals surface area (Å²) >= 11 is 0. The van der Waals surface area contributed by atoms with Crippen LogP contribution in [0.5, 0.6) is 0 Å². The van der Waals surface area contributed by atoms with Gasteiger partial charge >= 0.3 is 0 Å². The van der Waals surface area contributed by atoms with Crippen LogP contribution in [0.2, 0.25) is 0 Å². The zero-order valence-electron chi connectivity index (χ0n) is 10.00. The van der Waals surface area contributed by atoms with Crippen molar-refractivity contribution in [1.29, 1.82) is 0 Å².